The van der Waals surface area contributed by atoms with Crippen LogP contribution in [-0.2, 0) is 16.1 Å². The Morgan fingerprint density at radius 3 is 2.56 bits per heavy atom. The number of halogens is 2. The summed E-state index contributed by atoms with van der Waals surface area (Å²) >= 11 is 0. The Morgan fingerprint density at radius 2 is 1.78 bits per heavy atom. The Balaban J connectivity index is 1.43. The van der Waals surface area contributed by atoms with Crippen LogP contribution >= 0.6 is 0 Å². The van der Waals surface area contributed by atoms with Gasteiger partial charge in [-0.15, -0.1) is 0 Å². The van der Waals surface area contributed by atoms with Crippen LogP contribution in [0.3, 0.4) is 0 Å². The lowest BCUT2D eigenvalue weighted by Gasteiger charge is -2.24. The van der Waals surface area contributed by atoms with Gasteiger partial charge in [0.15, 0.2) is 0 Å². The second-order valence-electron chi connectivity index (χ2n) is 9.59. The number of rotatable bonds is 6. The highest BCUT2D eigenvalue weighted by Crippen LogP contribution is 2.35. The fourth-order valence-corrected chi connectivity index (χ4v) is 4.97. The van der Waals surface area contributed by atoms with Crippen LogP contribution in [0.25, 0.3) is 11.3 Å². The third kappa shape index (κ3) is 4.95. The minimum absolute atomic E-state index is 0.0439. The molecule has 0 fully saturated rings. The highest BCUT2D eigenvalue weighted by molar-refractivity contribution is 6.20. The molecule has 0 spiro atoms. The molecule has 2 atom stereocenters. The maximum absolute atomic E-state index is 14.9. The number of hydrogen-bond acceptors (Lipinski definition) is 6. The quantitative estimate of drug-likeness (QED) is 0.370. The van der Waals surface area contributed by atoms with E-state index in [1.807, 2.05) is 6.07 Å². The van der Waals surface area contributed by atoms with Gasteiger partial charge in [-0.25, -0.2) is 18.5 Å². The Morgan fingerprint density at radius 1 is 1.05 bits per heavy atom. The van der Waals surface area contributed by atoms with Crippen molar-refractivity contribution in [2.24, 2.45) is 4.99 Å². The van der Waals surface area contributed by atoms with Crippen LogP contribution < -0.4 is 15.4 Å². The lowest BCUT2D eigenvalue weighted by molar-refractivity contribution is -0.117. The van der Waals surface area contributed by atoms with Crippen LogP contribution in [0.15, 0.2) is 77.8 Å². The number of fused-ring (bicyclic) bond motifs is 2. The van der Waals surface area contributed by atoms with Crippen LogP contribution in [0.2, 0.25) is 0 Å². The van der Waals surface area contributed by atoms with E-state index in [0.717, 1.165) is 0 Å². The molecule has 2 aliphatic rings. The SMILES string of the molecule is COC[C@H]1CCn2nc(-c3ccccc3F)c(C(=O)N[C@H]3N=C(c4ccccc4)c4cccc(F)c4NC3=O)c2O1. The third-order valence-electron chi connectivity index (χ3n) is 6.89. The number of aliphatic imine (C=N–C) groups is 1. The van der Waals surface area contributed by atoms with Crippen molar-refractivity contribution in [3.05, 3.63) is 101 Å². The second kappa shape index (κ2) is 10.9. The first kappa shape index (κ1) is 26.3. The molecule has 41 heavy (non-hydrogen) atoms. The number of benzene rings is 3. The molecule has 0 bridgehead atoms. The Bertz CT molecular complexity index is 1670. The number of ether oxygens (including phenoxy) is 2. The van der Waals surface area contributed by atoms with Gasteiger partial charge in [0.25, 0.3) is 11.8 Å². The number of nitrogens with one attached hydrogen (secondary N) is 2. The fraction of sp³-hybridized carbons (Fsp3) is 0.200. The Hall–Kier alpha value is -4.90. The highest BCUT2D eigenvalue weighted by atomic mass is 19.1. The van der Waals surface area contributed by atoms with E-state index in [0.29, 0.717) is 29.8 Å². The van der Waals surface area contributed by atoms with Crippen LogP contribution in [0.4, 0.5) is 14.5 Å². The van der Waals surface area contributed by atoms with Gasteiger partial charge in [-0.3, -0.25) is 9.59 Å². The van der Waals surface area contributed by atoms with Crippen LogP contribution in [0.5, 0.6) is 5.88 Å². The number of para-hydroxylation sites is 1. The lowest BCUT2D eigenvalue weighted by atomic mass is 10.0. The molecule has 2 amide bonds. The van der Waals surface area contributed by atoms with Crippen molar-refractivity contribution in [1.29, 1.82) is 0 Å². The standard InChI is InChI=1S/C30H25F2N5O4/c1-40-16-18-14-15-37-30(41-18)23(26(36-37)19-10-5-6-12-21(19)31)28(38)35-27-29(39)34-25-20(11-7-13-22(25)32)24(33-27)17-8-3-2-4-9-17/h2-13,18,27H,14-16H2,1H3,(H,34,39)(H,35,38)/t18-,27-/m1/s1. The Kier molecular flexibility index (Phi) is 7.02. The number of benzodiazepines with no additional fused rings is 1. The van der Waals surface area contributed by atoms with Crippen molar-refractivity contribution in [1.82, 2.24) is 15.1 Å². The maximum atomic E-state index is 14.9. The summed E-state index contributed by atoms with van der Waals surface area (Å²) in [5, 5.41) is 9.70. The van der Waals surface area contributed by atoms with Gasteiger partial charge < -0.3 is 20.1 Å². The molecule has 208 valence electrons. The number of carbonyl (C=O) groups is 2. The summed E-state index contributed by atoms with van der Waals surface area (Å²) in [5.41, 5.74) is 1.36. The van der Waals surface area contributed by atoms with E-state index in [1.54, 1.807) is 43.5 Å². The number of carbonyl (C=O) groups excluding carboxylic acids is 2. The average molecular weight is 558 g/mol. The minimum Gasteiger partial charge on any atom is -0.471 e. The molecule has 6 rings (SSSR count). The van der Waals surface area contributed by atoms with Crippen LogP contribution in [-0.4, -0.2) is 53.3 Å². The number of aromatic nitrogens is 2. The summed E-state index contributed by atoms with van der Waals surface area (Å²) in [6.07, 6.45) is -1.24. The molecule has 11 heteroatoms. The average Bonchev–Trinajstić information content (AvgIpc) is 3.29. The second-order valence-corrected chi connectivity index (χ2v) is 9.59. The van der Waals surface area contributed by atoms with Crippen LogP contribution in [0.1, 0.15) is 27.9 Å². The number of aryl methyl sites for hydroxylation is 1. The molecule has 3 heterocycles. The maximum Gasteiger partial charge on any atom is 0.269 e. The first-order valence-electron chi connectivity index (χ1n) is 13.0. The smallest absolute Gasteiger partial charge is 0.269 e. The molecule has 9 nitrogen and oxygen atoms in total. The predicted octanol–water partition coefficient (Wildman–Crippen LogP) is 4.17. The molecule has 3 aromatic carbocycles. The molecule has 0 radical (unpaired) electrons. The first-order chi connectivity index (χ1) is 19.9. The zero-order valence-electron chi connectivity index (χ0n) is 21.9. The van der Waals surface area contributed by atoms with E-state index in [1.165, 1.54) is 35.0 Å². The van der Waals surface area contributed by atoms with Gasteiger partial charge in [-0.1, -0.05) is 54.6 Å². The summed E-state index contributed by atoms with van der Waals surface area (Å²) in [5.74, 6) is -2.60. The largest absolute Gasteiger partial charge is 0.471 e. The van der Waals surface area contributed by atoms with Gasteiger partial charge in [-0.05, 0) is 18.2 Å². The summed E-state index contributed by atoms with van der Waals surface area (Å²) in [4.78, 5) is 31.8. The Labute approximate surface area is 233 Å². The molecular formula is C30H25F2N5O4. The molecule has 1 aromatic heterocycles. The molecule has 0 unspecified atom stereocenters. The fourth-order valence-electron chi connectivity index (χ4n) is 4.97. The topological polar surface area (TPSA) is 107 Å². The monoisotopic (exact) mass is 557 g/mol. The molecular weight excluding hydrogens is 532 g/mol. The molecule has 2 aliphatic heterocycles. The van der Waals surface area contributed by atoms with E-state index < -0.39 is 29.6 Å². The number of amides is 2. The molecule has 0 saturated carbocycles. The van der Waals surface area contributed by atoms with E-state index >= 15 is 0 Å². The summed E-state index contributed by atoms with van der Waals surface area (Å²) in [6.45, 7) is 0.688. The van der Waals surface area contributed by atoms with E-state index in [-0.39, 0.29) is 41.1 Å². The molecule has 2 N–H and O–H groups in total. The first-order valence-corrected chi connectivity index (χ1v) is 13.0. The van der Waals surface area contributed by atoms with Gasteiger partial charge in [0, 0.05) is 36.8 Å². The number of nitrogens with zero attached hydrogens (tertiary/aromatic N) is 3. The van der Waals surface area contributed by atoms with Crippen molar-refractivity contribution in [2.75, 3.05) is 19.0 Å². The molecule has 0 saturated heterocycles. The lowest BCUT2D eigenvalue weighted by Crippen LogP contribution is -2.43. The van der Waals surface area contributed by atoms with Gasteiger partial charge in [0.05, 0.1) is 18.0 Å². The van der Waals surface area contributed by atoms with E-state index in [2.05, 4.69) is 20.7 Å². The number of hydrogen-bond donors (Lipinski definition) is 2. The molecule has 4 aromatic rings. The van der Waals surface area contributed by atoms with Crippen molar-refractivity contribution in [2.45, 2.75) is 25.2 Å². The zero-order valence-corrected chi connectivity index (χ0v) is 21.9. The van der Waals surface area contributed by atoms with Crippen molar-refractivity contribution in [3.8, 4) is 17.1 Å². The summed E-state index contributed by atoms with van der Waals surface area (Å²) in [6, 6.07) is 19.3. The summed E-state index contributed by atoms with van der Waals surface area (Å²) in [7, 11) is 1.54. The van der Waals surface area contributed by atoms with Crippen LogP contribution in [0, 0.1) is 11.6 Å². The van der Waals surface area contributed by atoms with E-state index in [9.17, 15) is 18.4 Å². The zero-order chi connectivity index (χ0) is 28.5. The van der Waals surface area contributed by atoms with Crippen molar-refractivity contribution in [3.63, 3.8) is 0 Å². The summed E-state index contributed by atoms with van der Waals surface area (Å²) < 4.78 is 42.6. The minimum atomic E-state index is -1.45. The normalized spacial score (nSPS) is 17.8. The van der Waals surface area contributed by atoms with Crippen molar-refractivity contribution >= 4 is 23.2 Å². The molecule has 0 aliphatic carbocycles. The van der Waals surface area contributed by atoms with Gasteiger partial charge in [-0.2, -0.15) is 5.10 Å². The predicted molar refractivity (Wildman–Crippen MR) is 147 cm³/mol. The number of methoxy groups -OCH3 is 1. The van der Waals surface area contributed by atoms with Crippen molar-refractivity contribution < 1.29 is 27.8 Å². The third-order valence-corrected chi connectivity index (χ3v) is 6.89. The number of anilines is 1. The van der Waals surface area contributed by atoms with Gasteiger partial charge in [0.1, 0.15) is 29.0 Å². The van der Waals surface area contributed by atoms with E-state index in [4.69, 9.17) is 9.47 Å². The highest BCUT2D eigenvalue weighted by Gasteiger charge is 2.35. The van der Waals surface area contributed by atoms with Gasteiger partial charge >= 0.3 is 0 Å². The van der Waals surface area contributed by atoms with Gasteiger partial charge in [0.2, 0.25) is 12.0 Å².